The molecule has 2 aromatic rings. The average Bonchev–Trinajstić information content (AvgIpc) is 2.84. The lowest BCUT2D eigenvalue weighted by Crippen LogP contribution is -2.62. The normalized spacial score (nSPS) is 15.6. The van der Waals surface area contributed by atoms with Gasteiger partial charge in [-0.05, 0) is 55.2 Å². The Morgan fingerprint density at radius 2 is 1.65 bits per heavy atom. The Morgan fingerprint density at radius 3 is 2.18 bits per heavy atom. The van der Waals surface area contributed by atoms with Crippen molar-refractivity contribution in [3.63, 3.8) is 0 Å². The Hall–Kier alpha value is -2.50. The third kappa shape index (κ3) is 5.59. The number of amides is 1. The fraction of sp³-hybridized carbons (Fsp3) is 0.391. The molecule has 1 aliphatic rings. The van der Waals surface area contributed by atoms with E-state index in [1.807, 2.05) is 12.1 Å². The number of sulfonamides is 1. The zero-order valence-electron chi connectivity index (χ0n) is 18.7. The van der Waals surface area contributed by atoms with Gasteiger partial charge in [-0.1, -0.05) is 35.9 Å². The number of halogens is 1. The van der Waals surface area contributed by atoms with Gasteiger partial charge in [0.25, 0.3) is 5.91 Å². The summed E-state index contributed by atoms with van der Waals surface area (Å²) in [7, 11) is -4.25. The van der Waals surface area contributed by atoms with Gasteiger partial charge in [-0.25, -0.2) is 13.9 Å². The van der Waals surface area contributed by atoms with Gasteiger partial charge in [-0.3, -0.25) is 14.8 Å². The van der Waals surface area contributed by atoms with E-state index in [1.54, 1.807) is 36.7 Å². The highest BCUT2D eigenvalue weighted by atomic mass is 35.5. The molecule has 0 unspecified atom stereocenters. The summed E-state index contributed by atoms with van der Waals surface area (Å²) in [6.45, 7) is 1.73. The molecule has 0 bridgehead atoms. The highest BCUT2D eigenvalue weighted by molar-refractivity contribution is 7.89. The topological polar surface area (TPSA) is 122 Å². The van der Waals surface area contributed by atoms with Crippen LogP contribution in [0, 0.1) is 0 Å². The summed E-state index contributed by atoms with van der Waals surface area (Å²) < 4.78 is 38.8. The van der Waals surface area contributed by atoms with E-state index in [0.717, 1.165) is 15.4 Å². The van der Waals surface area contributed by atoms with E-state index in [9.17, 15) is 23.2 Å². The summed E-state index contributed by atoms with van der Waals surface area (Å²) in [6, 6.07) is 13.3. The molecule has 9 nitrogen and oxygen atoms in total. The van der Waals surface area contributed by atoms with E-state index in [1.165, 1.54) is 12.1 Å². The van der Waals surface area contributed by atoms with E-state index < -0.39 is 27.4 Å². The van der Waals surface area contributed by atoms with Crippen molar-refractivity contribution < 1.29 is 32.7 Å². The minimum atomic E-state index is -4.25. The zero-order valence-corrected chi connectivity index (χ0v) is 20.3. The van der Waals surface area contributed by atoms with Crippen molar-refractivity contribution >= 4 is 33.5 Å². The maximum atomic E-state index is 13.8. The zero-order chi connectivity index (χ0) is 24.8. The largest absolute Gasteiger partial charge is 0.466 e. The summed E-state index contributed by atoms with van der Waals surface area (Å²) in [5.41, 5.74) is 1.62. The molecule has 0 atom stereocenters. The van der Waals surface area contributed by atoms with Crippen LogP contribution in [0.2, 0.25) is 5.02 Å². The number of benzene rings is 2. The summed E-state index contributed by atoms with van der Waals surface area (Å²) in [6.07, 6.45) is -0.216. The first-order valence-electron chi connectivity index (χ1n) is 10.8. The van der Waals surface area contributed by atoms with Crippen molar-refractivity contribution in [2.45, 2.75) is 36.6 Å². The number of rotatable bonds is 9. The number of hydrogen-bond donors (Lipinski definition) is 2. The van der Waals surface area contributed by atoms with Crippen molar-refractivity contribution in [2.24, 2.45) is 0 Å². The van der Waals surface area contributed by atoms with Crippen LogP contribution in [0.3, 0.4) is 0 Å². The molecule has 2 N–H and O–H groups in total. The van der Waals surface area contributed by atoms with E-state index in [0.29, 0.717) is 5.02 Å². The summed E-state index contributed by atoms with van der Waals surface area (Å²) in [4.78, 5) is 24.8. The third-order valence-electron chi connectivity index (χ3n) is 5.77. The summed E-state index contributed by atoms with van der Waals surface area (Å²) >= 11 is 5.94. The predicted octanol–water partition coefficient (Wildman–Crippen LogP) is 3.01. The number of hydroxylamine groups is 1. The van der Waals surface area contributed by atoms with Gasteiger partial charge in [-0.15, -0.1) is 0 Å². The summed E-state index contributed by atoms with van der Waals surface area (Å²) in [5.74, 6) is -1.46. The standard InChI is InChI=1S/C23H27ClN2O7S/c1-2-33-21(27)11-14-26(23(22(28)25-29)12-15-32-16-13-23)34(30,31)20-9-5-18(6-10-20)17-3-7-19(24)8-4-17/h3-10,29H,2,11-16H2,1H3,(H,25,28). The van der Waals surface area contributed by atoms with Gasteiger partial charge in [0.05, 0.1) is 17.9 Å². The number of carbonyl (C=O) groups excluding carboxylic acids is 2. The first kappa shape index (κ1) is 26.1. The predicted molar refractivity (Wildman–Crippen MR) is 125 cm³/mol. The van der Waals surface area contributed by atoms with Crippen molar-refractivity contribution in [3.05, 3.63) is 53.6 Å². The second-order valence-corrected chi connectivity index (χ2v) is 10.0. The fourth-order valence-corrected chi connectivity index (χ4v) is 5.90. The van der Waals surface area contributed by atoms with E-state index in [4.69, 9.17) is 21.1 Å². The van der Waals surface area contributed by atoms with E-state index in [2.05, 4.69) is 0 Å². The molecule has 1 saturated heterocycles. The second-order valence-electron chi connectivity index (χ2n) is 7.75. The lowest BCUT2D eigenvalue weighted by Gasteiger charge is -2.43. The fourth-order valence-electron chi connectivity index (χ4n) is 3.98. The lowest BCUT2D eigenvalue weighted by molar-refractivity contribution is -0.148. The quantitative estimate of drug-likeness (QED) is 0.302. The molecule has 0 spiro atoms. The smallest absolute Gasteiger partial charge is 0.307 e. The monoisotopic (exact) mass is 510 g/mol. The van der Waals surface area contributed by atoms with Gasteiger partial charge in [0, 0.05) is 24.8 Å². The van der Waals surface area contributed by atoms with Crippen molar-refractivity contribution in [1.29, 1.82) is 0 Å². The summed E-state index contributed by atoms with van der Waals surface area (Å²) in [5, 5.41) is 10.0. The molecule has 3 rings (SSSR count). The van der Waals surface area contributed by atoms with Crippen LogP contribution in [-0.4, -0.2) is 61.7 Å². The Balaban J connectivity index is 2.00. The van der Waals surface area contributed by atoms with Gasteiger partial charge in [0.1, 0.15) is 5.54 Å². The first-order valence-corrected chi connectivity index (χ1v) is 12.6. The molecule has 34 heavy (non-hydrogen) atoms. The van der Waals surface area contributed by atoms with Crippen LogP contribution in [0.4, 0.5) is 0 Å². The van der Waals surface area contributed by atoms with E-state index in [-0.39, 0.29) is 50.5 Å². The molecule has 1 heterocycles. The minimum absolute atomic E-state index is 0.0182. The van der Waals surface area contributed by atoms with Gasteiger partial charge in [0.2, 0.25) is 10.0 Å². The van der Waals surface area contributed by atoms with Crippen molar-refractivity contribution in [1.82, 2.24) is 9.79 Å². The van der Waals surface area contributed by atoms with Gasteiger partial charge in [0.15, 0.2) is 0 Å². The maximum absolute atomic E-state index is 13.8. The SMILES string of the molecule is CCOC(=O)CCN(C1(C(=O)NO)CCOCC1)S(=O)(=O)c1ccc(-c2ccc(Cl)cc2)cc1. The van der Waals surface area contributed by atoms with Crippen molar-refractivity contribution in [2.75, 3.05) is 26.4 Å². The Kier molecular flexibility index (Phi) is 8.67. The number of nitrogens with zero attached hydrogens (tertiary/aromatic N) is 1. The highest BCUT2D eigenvalue weighted by Gasteiger charge is 2.50. The molecule has 0 aromatic heterocycles. The molecule has 1 amide bonds. The number of nitrogens with one attached hydrogen (secondary N) is 1. The Morgan fingerprint density at radius 1 is 1.09 bits per heavy atom. The molecule has 184 valence electrons. The van der Waals surface area contributed by atoms with Gasteiger partial charge < -0.3 is 9.47 Å². The number of carbonyl (C=O) groups is 2. The highest BCUT2D eigenvalue weighted by Crippen LogP contribution is 2.34. The third-order valence-corrected chi connectivity index (χ3v) is 8.00. The number of esters is 1. The van der Waals surface area contributed by atoms with Crippen LogP contribution < -0.4 is 5.48 Å². The molecule has 0 saturated carbocycles. The lowest BCUT2D eigenvalue weighted by atomic mass is 9.89. The molecular weight excluding hydrogens is 484 g/mol. The van der Waals surface area contributed by atoms with Gasteiger partial charge >= 0.3 is 5.97 Å². The van der Waals surface area contributed by atoms with Crippen LogP contribution in [-0.2, 0) is 29.1 Å². The average molecular weight is 511 g/mol. The van der Waals surface area contributed by atoms with E-state index >= 15 is 0 Å². The van der Waals surface area contributed by atoms with Crippen LogP contribution in [0.15, 0.2) is 53.4 Å². The molecule has 2 aromatic carbocycles. The maximum Gasteiger partial charge on any atom is 0.307 e. The van der Waals surface area contributed by atoms with Crippen molar-refractivity contribution in [3.8, 4) is 11.1 Å². The minimum Gasteiger partial charge on any atom is -0.466 e. The van der Waals surface area contributed by atoms with Crippen LogP contribution in [0.5, 0.6) is 0 Å². The Labute approximate surface area is 203 Å². The molecule has 1 fully saturated rings. The van der Waals surface area contributed by atoms with Crippen LogP contribution >= 0.6 is 11.6 Å². The van der Waals surface area contributed by atoms with Gasteiger partial charge in [-0.2, -0.15) is 4.31 Å². The molecule has 0 aliphatic carbocycles. The van der Waals surface area contributed by atoms with Crippen LogP contribution in [0.1, 0.15) is 26.2 Å². The first-order chi connectivity index (χ1) is 16.2. The molecule has 1 aliphatic heterocycles. The second kappa shape index (κ2) is 11.3. The Bertz CT molecular complexity index is 1100. The molecule has 11 heteroatoms. The molecular formula is C23H27ClN2O7S. The van der Waals surface area contributed by atoms with Crippen LogP contribution in [0.25, 0.3) is 11.1 Å². The number of ether oxygens (including phenoxy) is 2. The molecule has 0 radical (unpaired) electrons. The number of hydrogen-bond acceptors (Lipinski definition) is 7.